The predicted molar refractivity (Wildman–Crippen MR) is 139 cm³/mol. The summed E-state index contributed by atoms with van der Waals surface area (Å²) in [5.41, 5.74) is 2.30. The van der Waals surface area contributed by atoms with Crippen molar-refractivity contribution < 1.29 is 14.3 Å². The maximum atomic E-state index is 13.1. The van der Waals surface area contributed by atoms with E-state index in [0.29, 0.717) is 25.3 Å². The largest absolute Gasteiger partial charge is 0.497 e. The summed E-state index contributed by atoms with van der Waals surface area (Å²) in [6.45, 7) is 7.06. The van der Waals surface area contributed by atoms with Crippen molar-refractivity contribution in [3.05, 3.63) is 70.7 Å². The number of ether oxygens (including phenoxy) is 1. The van der Waals surface area contributed by atoms with E-state index in [2.05, 4.69) is 15.2 Å². The lowest BCUT2D eigenvalue weighted by Gasteiger charge is -2.35. The number of rotatable bonds is 7. The average molecular weight is 494 g/mol. The van der Waals surface area contributed by atoms with E-state index in [-0.39, 0.29) is 18.0 Å². The molecular formula is C26H31N5O3S. The molecule has 3 aromatic rings. The lowest BCUT2D eigenvalue weighted by molar-refractivity contribution is 0.0741. The maximum absolute atomic E-state index is 13.1. The van der Waals surface area contributed by atoms with Gasteiger partial charge in [0.25, 0.3) is 5.91 Å². The minimum absolute atomic E-state index is 0.0206. The fourth-order valence-electron chi connectivity index (χ4n) is 3.96. The van der Waals surface area contributed by atoms with Crippen LogP contribution in [-0.2, 0) is 6.54 Å². The Labute approximate surface area is 210 Å². The summed E-state index contributed by atoms with van der Waals surface area (Å²) in [5.74, 6) is 0.766. The highest BCUT2D eigenvalue weighted by Gasteiger charge is 2.25. The average Bonchev–Trinajstić information content (AvgIpc) is 3.36. The van der Waals surface area contributed by atoms with E-state index in [1.54, 1.807) is 17.4 Å². The summed E-state index contributed by atoms with van der Waals surface area (Å²) in [4.78, 5) is 36.3. The topological polar surface area (TPSA) is 78.0 Å². The molecule has 3 amide bonds. The molecule has 0 saturated carbocycles. The van der Waals surface area contributed by atoms with Crippen LogP contribution in [0.5, 0.6) is 5.75 Å². The number of piperazine rings is 1. The van der Waals surface area contributed by atoms with E-state index >= 15 is 0 Å². The van der Waals surface area contributed by atoms with Crippen molar-refractivity contribution in [2.45, 2.75) is 26.4 Å². The Bertz CT molecular complexity index is 1130. The fourth-order valence-corrected chi connectivity index (χ4v) is 4.72. The van der Waals surface area contributed by atoms with Crippen molar-refractivity contribution in [1.82, 2.24) is 14.8 Å². The Morgan fingerprint density at radius 2 is 1.74 bits per heavy atom. The summed E-state index contributed by atoms with van der Waals surface area (Å²) in [6, 6.07) is 17.1. The van der Waals surface area contributed by atoms with Crippen molar-refractivity contribution in [3.8, 4) is 5.75 Å². The van der Waals surface area contributed by atoms with Crippen LogP contribution in [0.25, 0.3) is 0 Å². The zero-order chi connectivity index (χ0) is 24.8. The number of hydrogen-bond acceptors (Lipinski definition) is 6. The third kappa shape index (κ3) is 6.10. The van der Waals surface area contributed by atoms with Crippen LogP contribution in [0.3, 0.4) is 0 Å². The van der Waals surface area contributed by atoms with Crippen LogP contribution >= 0.6 is 11.3 Å². The number of methoxy groups -OCH3 is 1. The van der Waals surface area contributed by atoms with Crippen molar-refractivity contribution in [1.29, 1.82) is 0 Å². The number of nitrogens with zero attached hydrogens (tertiary/aromatic N) is 4. The molecule has 1 aromatic heterocycles. The van der Waals surface area contributed by atoms with E-state index in [4.69, 9.17) is 4.74 Å². The number of amides is 3. The van der Waals surface area contributed by atoms with Gasteiger partial charge < -0.3 is 24.8 Å². The molecule has 8 nitrogen and oxygen atoms in total. The first-order valence-electron chi connectivity index (χ1n) is 11.7. The number of anilines is 2. The van der Waals surface area contributed by atoms with Gasteiger partial charge in [0.15, 0.2) is 0 Å². The van der Waals surface area contributed by atoms with Gasteiger partial charge >= 0.3 is 6.03 Å². The number of benzene rings is 2. The van der Waals surface area contributed by atoms with Gasteiger partial charge in [-0.1, -0.05) is 18.2 Å². The number of urea groups is 1. The summed E-state index contributed by atoms with van der Waals surface area (Å²) < 4.78 is 5.23. The second-order valence-electron chi connectivity index (χ2n) is 8.62. The van der Waals surface area contributed by atoms with Gasteiger partial charge in [-0.3, -0.25) is 4.79 Å². The van der Waals surface area contributed by atoms with Gasteiger partial charge in [0.05, 0.1) is 13.7 Å². The molecule has 0 spiro atoms. The fraction of sp³-hybridized carbons (Fsp3) is 0.346. The van der Waals surface area contributed by atoms with Crippen LogP contribution in [0.4, 0.5) is 16.2 Å². The van der Waals surface area contributed by atoms with Crippen molar-refractivity contribution in [2.24, 2.45) is 0 Å². The van der Waals surface area contributed by atoms with Gasteiger partial charge in [-0.2, -0.15) is 0 Å². The lowest BCUT2D eigenvalue weighted by Crippen LogP contribution is -2.48. The number of thiazole rings is 1. The van der Waals surface area contributed by atoms with Gasteiger partial charge in [-0.15, -0.1) is 11.3 Å². The second kappa shape index (κ2) is 11.2. The number of carbonyl (C=O) groups excluding carboxylic acids is 2. The molecule has 1 fully saturated rings. The first kappa shape index (κ1) is 24.5. The minimum Gasteiger partial charge on any atom is -0.497 e. The summed E-state index contributed by atoms with van der Waals surface area (Å²) >= 11 is 1.41. The van der Waals surface area contributed by atoms with Crippen LogP contribution in [-0.4, -0.2) is 66.1 Å². The lowest BCUT2D eigenvalue weighted by atomic mass is 10.2. The third-order valence-corrected chi connectivity index (χ3v) is 6.82. The van der Waals surface area contributed by atoms with E-state index in [1.807, 2.05) is 73.3 Å². The molecule has 0 unspecified atom stereocenters. The van der Waals surface area contributed by atoms with Gasteiger partial charge in [0.2, 0.25) is 0 Å². The van der Waals surface area contributed by atoms with Gasteiger partial charge in [0.1, 0.15) is 16.5 Å². The molecule has 184 valence electrons. The molecule has 9 heteroatoms. The molecule has 2 aromatic carbocycles. The van der Waals surface area contributed by atoms with Crippen molar-refractivity contribution in [2.75, 3.05) is 43.5 Å². The molecule has 0 radical (unpaired) electrons. The quantitative estimate of drug-likeness (QED) is 0.522. The Hall–Kier alpha value is -3.59. The molecule has 0 atom stereocenters. The number of hydrogen-bond donors (Lipinski definition) is 1. The van der Waals surface area contributed by atoms with Crippen LogP contribution in [0, 0.1) is 0 Å². The molecule has 1 N–H and O–H groups in total. The Kier molecular flexibility index (Phi) is 7.87. The standard InChI is InChI=1S/C26H31N5O3S/c1-19(2)31(26(33)27-20-7-5-4-6-8-20)17-24-28-23(18-35-24)25(32)30-15-13-29(14-16-30)21-9-11-22(34-3)12-10-21/h4-12,18-19H,13-17H2,1-3H3,(H,27,33). The Morgan fingerprint density at radius 1 is 1.06 bits per heavy atom. The molecule has 0 bridgehead atoms. The monoisotopic (exact) mass is 493 g/mol. The molecular weight excluding hydrogens is 462 g/mol. The minimum atomic E-state index is -0.191. The molecule has 4 rings (SSSR count). The number of aromatic nitrogens is 1. The van der Waals surface area contributed by atoms with Crippen LogP contribution in [0.2, 0.25) is 0 Å². The zero-order valence-corrected chi connectivity index (χ0v) is 21.1. The first-order valence-corrected chi connectivity index (χ1v) is 12.6. The maximum Gasteiger partial charge on any atom is 0.322 e. The predicted octanol–water partition coefficient (Wildman–Crippen LogP) is 4.56. The van der Waals surface area contributed by atoms with E-state index in [1.165, 1.54) is 11.3 Å². The molecule has 2 heterocycles. The van der Waals surface area contributed by atoms with E-state index in [0.717, 1.165) is 35.2 Å². The normalized spacial score (nSPS) is 13.6. The van der Waals surface area contributed by atoms with E-state index in [9.17, 15) is 9.59 Å². The highest BCUT2D eigenvalue weighted by molar-refractivity contribution is 7.09. The summed E-state index contributed by atoms with van der Waals surface area (Å²) in [5, 5.41) is 5.46. The smallest absolute Gasteiger partial charge is 0.322 e. The van der Waals surface area contributed by atoms with Crippen LogP contribution < -0.4 is 15.0 Å². The van der Waals surface area contributed by atoms with Gasteiger partial charge in [0, 0.05) is 49.0 Å². The highest BCUT2D eigenvalue weighted by Crippen LogP contribution is 2.22. The third-order valence-electron chi connectivity index (χ3n) is 5.99. The number of para-hydroxylation sites is 1. The molecule has 1 aliphatic rings. The van der Waals surface area contributed by atoms with Crippen molar-refractivity contribution in [3.63, 3.8) is 0 Å². The SMILES string of the molecule is COc1ccc(N2CCN(C(=O)c3csc(CN(C(=O)Nc4ccccc4)C(C)C)n3)CC2)cc1. The Balaban J connectivity index is 1.34. The van der Waals surface area contributed by atoms with Gasteiger partial charge in [-0.05, 0) is 50.2 Å². The summed E-state index contributed by atoms with van der Waals surface area (Å²) in [6.07, 6.45) is 0. The van der Waals surface area contributed by atoms with E-state index < -0.39 is 0 Å². The van der Waals surface area contributed by atoms with Crippen LogP contribution in [0.15, 0.2) is 60.0 Å². The number of nitrogens with one attached hydrogen (secondary N) is 1. The second-order valence-corrected chi connectivity index (χ2v) is 9.56. The molecule has 1 aliphatic heterocycles. The molecule has 0 aliphatic carbocycles. The summed E-state index contributed by atoms with van der Waals surface area (Å²) in [7, 11) is 1.66. The van der Waals surface area contributed by atoms with Crippen LogP contribution in [0.1, 0.15) is 29.3 Å². The molecule has 1 saturated heterocycles. The molecule has 35 heavy (non-hydrogen) atoms. The first-order chi connectivity index (χ1) is 16.9. The van der Waals surface area contributed by atoms with Crippen molar-refractivity contribution >= 4 is 34.6 Å². The Morgan fingerprint density at radius 3 is 2.37 bits per heavy atom. The zero-order valence-electron chi connectivity index (χ0n) is 20.3. The van der Waals surface area contributed by atoms with Gasteiger partial charge in [-0.25, -0.2) is 9.78 Å². The highest BCUT2D eigenvalue weighted by atomic mass is 32.1. The number of carbonyl (C=O) groups is 2.